The first-order valence-corrected chi connectivity index (χ1v) is 13.2. The third-order valence-corrected chi connectivity index (χ3v) is 6.08. The molecule has 4 unspecified atom stereocenters. The van der Waals surface area contributed by atoms with Crippen molar-refractivity contribution in [3.8, 4) is 5.75 Å². The summed E-state index contributed by atoms with van der Waals surface area (Å²) in [6.45, 7) is 3.33. The first kappa shape index (κ1) is 33.8. The molecule has 1 aliphatic rings. The van der Waals surface area contributed by atoms with Crippen LogP contribution >= 0.6 is 0 Å². The molecule has 0 aromatic heterocycles. The highest BCUT2D eigenvalue weighted by atomic mass is 19.2. The van der Waals surface area contributed by atoms with Crippen molar-refractivity contribution in [3.05, 3.63) is 65.0 Å². The number of halogens is 3. The number of ether oxygens (including phenoxy) is 6. The number of benzene rings is 2. The lowest BCUT2D eigenvalue weighted by atomic mass is 9.98. The highest BCUT2D eigenvalue weighted by molar-refractivity contribution is 5.95. The van der Waals surface area contributed by atoms with Crippen LogP contribution in [0.1, 0.15) is 43.6 Å². The van der Waals surface area contributed by atoms with E-state index in [1.165, 1.54) is 0 Å². The maximum absolute atomic E-state index is 15.6. The van der Waals surface area contributed by atoms with Gasteiger partial charge in [-0.3, -0.25) is 24.0 Å². The molecular formula is C29H30F3NO11. The molecule has 12 nitrogen and oxygen atoms in total. The SMILES string of the molecule is CC(=O)OCC1O[C@H](Oc2c(F)c(F)cc(C(=O)NCCc3ccccc3)c2F)C(OC(C)=O)C(OC(C)=O)C1OC(C)=O. The highest BCUT2D eigenvalue weighted by Gasteiger charge is 2.53. The maximum Gasteiger partial charge on any atom is 0.303 e. The Balaban J connectivity index is 1.98. The molecule has 1 aliphatic heterocycles. The summed E-state index contributed by atoms with van der Waals surface area (Å²) in [5.74, 6) is -11.4. The van der Waals surface area contributed by atoms with E-state index in [0.29, 0.717) is 12.5 Å². The molecular weight excluding hydrogens is 595 g/mol. The Labute approximate surface area is 249 Å². The van der Waals surface area contributed by atoms with Crippen LogP contribution in [-0.4, -0.2) is 73.6 Å². The Morgan fingerprint density at radius 2 is 1.39 bits per heavy atom. The van der Waals surface area contributed by atoms with Gasteiger partial charge in [-0.15, -0.1) is 0 Å². The molecule has 1 N–H and O–H groups in total. The molecule has 5 atom stereocenters. The molecule has 44 heavy (non-hydrogen) atoms. The van der Waals surface area contributed by atoms with E-state index in [1.54, 1.807) is 30.3 Å². The van der Waals surface area contributed by atoms with Gasteiger partial charge in [0.1, 0.15) is 12.7 Å². The third-order valence-electron chi connectivity index (χ3n) is 6.08. The summed E-state index contributed by atoms with van der Waals surface area (Å²) < 4.78 is 76.7. The van der Waals surface area contributed by atoms with Gasteiger partial charge in [-0.25, -0.2) is 8.78 Å². The minimum atomic E-state index is -2.07. The summed E-state index contributed by atoms with van der Waals surface area (Å²) in [6, 6.07) is 9.29. The molecule has 0 saturated carbocycles. The third kappa shape index (κ3) is 8.92. The van der Waals surface area contributed by atoms with Crippen LogP contribution < -0.4 is 10.1 Å². The monoisotopic (exact) mass is 625 g/mol. The van der Waals surface area contributed by atoms with Gasteiger partial charge in [0, 0.05) is 34.2 Å². The van der Waals surface area contributed by atoms with E-state index in [9.17, 15) is 32.8 Å². The first-order valence-electron chi connectivity index (χ1n) is 13.2. The second kappa shape index (κ2) is 15.2. The first-order chi connectivity index (χ1) is 20.8. The summed E-state index contributed by atoms with van der Waals surface area (Å²) in [7, 11) is 0. The van der Waals surface area contributed by atoms with Gasteiger partial charge < -0.3 is 33.7 Å². The fourth-order valence-electron chi connectivity index (χ4n) is 4.31. The number of nitrogens with one attached hydrogen (secondary N) is 1. The number of amides is 1. The minimum absolute atomic E-state index is 0.0250. The predicted molar refractivity (Wildman–Crippen MR) is 141 cm³/mol. The van der Waals surface area contributed by atoms with Crippen LogP contribution in [-0.2, 0) is 49.3 Å². The zero-order valence-electron chi connectivity index (χ0n) is 24.1. The number of rotatable bonds is 11. The van der Waals surface area contributed by atoms with Crippen molar-refractivity contribution in [2.75, 3.05) is 13.2 Å². The molecule has 3 rings (SSSR count). The molecule has 1 fully saturated rings. The van der Waals surface area contributed by atoms with Gasteiger partial charge in [0.05, 0.1) is 5.56 Å². The molecule has 0 bridgehead atoms. The van der Waals surface area contributed by atoms with Crippen molar-refractivity contribution in [2.24, 2.45) is 0 Å². The number of esters is 4. The van der Waals surface area contributed by atoms with Crippen molar-refractivity contribution in [3.63, 3.8) is 0 Å². The summed E-state index contributed by atoms with van der Waals surface area (Å²) >= 11 is 0. The molecule has 0 aliphatic carbocycles. The number of hydrogen-bond donors (Lipinski definition) is 1. The van der Waals surface area contributed by atoms with Crippen LogP contribution in [0, 0.1) is 17.5 Å². The average Bonchev–Trinajstić information content (AvgIpc) is 2.94. The van der Waals surface area contributed by atoms with E-state index in [1.807, 2.05) is 0 Å². The summed E-state index contributed by atoms with van der Waals surface area (Å²) in [5, 5.41) is 2.41. The van der Waals surface area contributed by atoms with Gasteiger partial charge in [-0.2, -0.15) is 4.39 Å². The van der Waals surface area contributed by atoms with Crippen molar-refractivity contribution in [1.29, 1.82) is 0 Å². The van der Waals surface area contributed by atoms with Crippen molar-refractivity contribution >= 4 is 29.8 Å². The van der Waals surface area contributed by atoms with Crippen LogP contribution in [0.25, 0.3) is 0 Å². The van der Waals surface area contributed by atoms with Crippen molar-refractivity contribution in [1.82, 2.24) is 5.32 Å². The van der Waals surface area contributed by atoms with Gasteiger partial charge in [0.2, 0.25) is 18.2 Å². The Hall–Kier alpha value is -4.66. The summed E-state index contributed by atoms with van der Waals surface area (Å²) in [4.78, 5) is 60.1. The average molecular weight is 626 g/mol. The molecule has 0 radical (unpaired) electrons. The van der Waals surface area contributed by atoms with Gasteiger partial charge in [0.15, 0.2) is 29.6 Å². The van der Waals surface area contributed by atoms with Gasteiger partial charge in [-0.1, -0.05) is 30.3 Å². The van der Waals surface area contributed by atoms with Crippen LogP contribution in [0.15, 0.2) is 36.4 Å². The Bertz CT molecular complexity index is 1390. The van der Waals surface area contributed by atoms with Crippen LogP contribution in [0.3, 0.4) is 0 Å². The van der Waals surface area contributed by atoms with E-state index >= 15 is 4.39 Å². The highest BCUT2D eigenvalue weighted by Crippen LogP contribution is 2.34. The van der Waals surface area contributed by atoms with E-state index < -0.39 is 95.9 Å². The topological polar surface area (TPSA) is 153 Å². The largest absolute Gasteiger partial charge is 0.463 e. The quantitative estimate of drug-likeness (QED) is 0.223. The number of hydrogen-bond acceptors (Lipinski definition) is 11. The number of carbonyl (C=O) groups excluding carboxylic acids is 5. The zero-order chi connectivity index (χ0) is 32.6. The maximum atomic E-state index is 15.6. The smallest absolute Gasteiger partial charge is 0.303 e. The molecule has 15 heteroatoms. The lowest BCUT2D eigenvalue weighted by Gasteiger charge is -2.43. The molecule has 2 aromatic rings. The van der Waals surface area contributed by atoms with Crippen molar-refractivity contribution in [2.45, 2.75) is 64.8 Å². The summed E-state index contributed by atoms with van der Waals surface area (Å²) in [5.41, 5.74) is -0.0659. The van der Waals surface area contributed by atoms with Crippen LogP contribution in [0.4, 0.5) is 13.2 Å². The Kier molecular flexibility index (Phi) is 11.7. The fourth-order valence-corrected chi connectivity index (χ4v) is 4.31. The molecule has 0 spiro atoms. The molecule has 1 heterocycles. The molecule has 1 saturated heterocycles. The fraction of sp³-hybridized carbons (Fsp3) is 0.414. The zero-order valence-corrected chi connectivity index (χ0v) is 24.1. The Morgan fingerprint density at radius 1 is 0.795 bits per heavy atom. The minimum Gasteiger partial charge on any atom is -0.463 e. The van der Waals surface area contributed by atoms with Gasteiger partial charge in [-0.05, 0) is 18.1 Å². The Morgan fingerprint density at radius 3 is 1.98 bits per heavy atom. The van der Waals surface area contributed by atoms with Gasteiger partial charge >= 0.3 is 23.9 Å². The standard InChI is InChI=1S/C29H30F3NO11/c1-14(34)39-13-21-24(40-15(2)35)26(41-16(3)36)27(42-17(4)37)29(43-21)44-25-22(31)19(12-20(30)23(25)32)28(38)33-11-10-18-8-6-5-7-9-18/h5-9,12,21,24,26-27,29H,10-11,13H2,1-4H3,(H,33,38)/t21?,24?,26?,27?,29-/m1/s1. The molecule has 2 aromatic carbocycles. The van der Waals surface area contributed by atoms with Crippen LogP contribution in [0.2, 0.25) is 0 Å². The number of carbonyl (C=O) groups is 5. The van der Waals surface area contributed by atoms with E-state index in [2.05, 4.69) is 5.32 Å². The predicted octanol–water partition coefficient (Wildman–Crippen LogP) is 2.54. The van der Waals surface area contributed by atoms with Crippen LogP contribution in [0.5, 0.6) is 5.75 Å². The lowest BCUT2D eigenvalue weighted by molar-refractivity contribution is -0.289. The van der Waals surface area contributed by atoms with Crippen molar-refractivity contribution < 1.29 is 65.6 Å². The van der Waals surface area contributed by atoms with Gasteiger partial charge in [0.25, 0.3) is 5.91 Å². The second-order valence-corrected chi connectivity index (χ2v) is 9.54. The second-order valence-electron chi connectivity index (χ2n) is 9.54. The van der Waals surface area contributed by atoms with E-state index in [0.717, 1.165) is 33.3 Å². The van der Waals surface area contributed by atoms with E-state index in [4.69, 9.17) is 28.4 Å². The normalized spacial score (nSPS) is 21.0. The summed E-state index contributed by atoms with van der Waals surface area (Å²) in [6.07, 6.45) is -8.39. The lowest BCUT2D eigenvalue weighted by Crippen LogP contribution is -2.63. The molecule has 238 valence electrons. The molecule has 1 amide bonds. The van der Waals surface area contributed by atoms with E-state index in [-0.39, 0.29) is 6.54 Å².